The number of halogens is 1. The fraction of sp³-hybridized carbons (Fsp3) is 0.265. The van der Waals surface area contributed by atoms with Crippen molar-refractivity contribution in [3.8, 4) is 11.1 Å². The average molecular weight is 510 g/mol. The van der Waals surface area contributed by atoms with Gasteiger partial charge in [0.2, 0.25) is 0 Å². The van der Waals surface area contributed by atoms with E-state index in [1.807, 2.05) is 87.5 Å². The van der Waals surface area contributed by atoms with Gasteiger partial charge in [0.1, 0.15) is 5.82 Å². The van der Waals surface area contributed by atoms with Gasteiger partial charge in [0, 0.05) is 24.2 Å². The van der Waals surface area contributed by atoms with E-state index in [1.54, 1.807) is 0 Å². The molecule has 0 heterocycles. The number of hydrogen-bond acceptors (Lipinski definition) is 3. The van der Waals surface area contributed by atoms with Gasteiger partial charge >= 0.3 is 5.97 Å². The maximum absolute atomic E-state index is 15.3. The van der Waals surface area contributed by atoms with Gasteiger partial charge in [0.15, 0.2) is 0 Å². The Balaban J connectivity index is 1.85. The van der Waals surface area contributed by atoms with Gasteiger partial charge in [-0.2, -0.15) is 0 Å². The number of rotatable bonds is 10. The third-order valence-corrected chi connectivity index (χ3v) is 7.18. The van der Waals surface area contributed by atoms with Crippen LogP contribution in [-0.2, 0) is 16.1 Å². The van der Waals surface area contributed by atoms with Crippen LogP contribution < -0.4 is 0 Å². The Kier molecular flexibility index (Phi) is 9.09. The lowest BCUT2D eigenvalue weighted by molar-refractivity contribution is -0.145. The second-order valence-electron chi connectivity index (χ2n) is 9.78. The van der Waals surface area contributed by atoms with Crippen LogP contribution in [0.2, 0.25) is 0 Å². The van der Waals surface area contributed by atoms with Gasteiger partial charge in [-0.3, -0.25) is 9.69 Å². The molecule has 0 fully saturated rings. The molecule has 0 saturated carbocycles. The highest BCUT2D eigenvalue weighted by atomic mass is 19.1. The Labute approximate surface area is 225 Å². The predicted octanol–water partition coefficient (Wildman–Crippen LogP) is 8.37. The van der Waals surface area contributed by atoms with E-state index in [0.29, 0.717) is 18.7 Å². The topological polar surface area (TPSA) is 29.5 Å². The maximum Gasteiger partial charge on any atom is 0.307 e. The van der Waals surface area contributed by atoms with Crippen LogP contribution in [0.5, 0.6) is 0 Å². The summed E-state index contributed by atoms with van der Waals surface area (Å²) in [5, 5.41) is 0. The lowest BCUT2D eigenvalue weighted by atomic mass is 9.90. The van der Waals surface area contributed by atoms with Crippen LogP contribution in [0.25, 0.3) is 11.1 Å². The zero-order chi connectivity index (χ0) is 27.1. The first-order valence-electron chi connectivity index (χ1n) is 13.2. The van der Waals surface area contributed by atoms with Crippen molar-refractivity contribution in [1.29, 1.82) is 0 Å². The Bertz CT molecular complexity index is 1330. The predicted molar refractivity (Wildman–Crippen MR) is 152 cm³/mol. The molecule has 4 rings (SSSR count). The largest absolute Gasteiger partial charge is 0.466 e. The number of benzene rings is 4. The molecule has 0 N–H and O–H groups in total. The summed E-state index contributed by atoms with van der Waals surface area (Å²) in [4.78, 5) is 15.3. The van der Waals surface area contributed by atoms with Crippen molar-refractivity contribution < 1.29 is 13.9 Å². The molecule has 0 radical (unpaired) electrons. The van der Waals surface area contributed by atoms with E-state index in [4.69, 9.17) is 4.74 Å². The van der Waals surface area contributed by atoms with Crippen molar-refractivity contribution in [1.82, 2.24) is 4.90 Å². The minimum absolute atomic E-state index is 0.00969. The quantitative estimate of drug-likeness (QED) is 0.201. The van der Waals surface area contributed by atoms with Crippen LogP contribution in [0, 0.1) is 19.7 Å². The zero-order valence-corrected chi connectivity index (χ0v) is 22.7. The van der Waals surface area contributed by atoms with Crippen LogP contribution in [0.15, 0.2) is 97.1 Å². The fourth-order valence-corrected chi connectivity index (χ4v) is 5.22. The molecule has 4 aromatic rings. The Morgan fingerprint density at radius 2 is 1.47 bits per heavy atom. The molecule has 4 heteroatoms. The average Bonchev–Trinajstić information content (AvgIpc) is 2.92. The Hall–Kier alpha value is -3.76. The Morgan fingerprint density at radius 1 is 0.842 bits per heavy atom. The standard InChI is InChI=1S/C34H36FNO2/c1-5-38-33(37)22-32(29-19-20-31(35)30(21-29)34-24(2)13-12-14-25(34)3)36(23-27-15-8-6-9-16-27)26(4)28-17-10-7-11-18-28/h6-21,26,32H,5,22-23H2,1-4H3/t26-,32+/m1/s1. The molecule has 0 aromatic heterocycles. The molecule has 196 valence electrons. The molecule has 0 aliphatic heterocycles. The first-order chi connectivity index (χ1) is 18.4. The van der Waals surface area contributed by atoms with Crippen LogP contribution in [-0.4, -0.2) is 17.5 Å². The molecule has 0 bridgehead atoms. The summed E-state index contributed by atoms with van der Waals surface area (Å²) in [7, 11) is 0. The molecular formula is C34H36FNO2. The van der Waals surface area contributed by atoms with Crippen LogP contribution in [0.1, 0.15) is 60.2 Å². The molecule has 38 heavy (non-hydrogen) atoms. The van der Waals surface area contributed by atoms with Crippen molar-refractivity contribution in [3.05, 3.63) is 131 Å². The SMILES string of the molecule is CCOC(=O)C[C@@H](c1ccc(F)c(-c2c(C)cccc2C)c1)N(Cc1ccccc1)[C@H](C)c1ccccc1. The third kappa shape index (κ3) is 6.38. The second-order valence-corrected chi connectivity index (χ2v) is 9.78. The van der Waals surface area contributed by atoms with Gasteiger partial charge in [0.05, 0.1) is 13.0 Å². The highest BCUT2D eigenvalue weighted by molar-refractivity contribution is 5.73. The second kappa shape index (κ2) is 12.7. The molecule has 0 aliphatic rings. The highest BCUT2D eigenvalue weighted by Crippen LogP contribution is 2.38. The van der Waals surface area contributed by atoms with Gasteiger partial charge in [-0.05, 0) is 73.2 Å². The number of esters is 1. The summed E-state index contributed by atoms with van der Waals surface area (Å²) >= 11 is 0. The molecule has 0 spiro atoms. The van der Waals surface area contributed by atoms with Gasteiger partial charge in [0.25, 0.3) is 0 Å². The molecule has 0 amide bonds. The van der Waals surface area contributed by atoms with E-state index in [0.717, 1.165) is 33.4 Å². The van der Waals surface area contributed by atoms with Crippen molar-refractivity contribution in [2.45, 2.75) is 52.7 Å². The lowest BCUT2D eigenvalue weighted by Gasteiger charge is -2.37. The molecule has 0 aliphatic carbocycles. The minimum atomic E-state index is -0.326. The molecule has 0 unspecified atom stereocenters. The molecular weight excluding hydrogens is 473 g/mol. The van der Waals surface area contributed by atoms with Crippen molar-refractivity contribution in [3.63, 3.8) is 0 Å². The van der Waals surface area contributed by atoms with E-state index >= 15 is 4.39 Å². The summed E-state index contributed by atoms with van der Waals surface area (Å²) in [5.74, 6) is -0.541. The summed E-state index contributed by atoms with van der Waals surface area (Å²) in [6, 6.07) is 31.5. The summed E-state index contributed by atoms with van der Waals surface area (Å²) in [6.07, 6.45) is 0.162. The van der Waals surface area contributed by atoms with Gasteiger partial charge in [-0.1, -0.05) is 84.9 Å². The summed E-state index contributed by atoms with van der Waals surface area (Å²) < 4.78 is 20.7. The van der Waals surface area contributed by atoms with Crippen LogP contribution in [0.4, 0.5) is 4.39 Å². The third-order valence-electron chi connectivity index (χ3n) is 7.18. The molecule has 4 aromatic carbocycles. The van der Waals surface area contributed by atoms with Crippen molar-refractivity contribution >= 4 is 5.97 Å². The monoisotopic (exact) mass is 509 g/mol. The van der Waals surface area contributed by atoms with E-state index in [9.17, 15) is 4.79 Å². The molecule has 2 atom stereocenters. The number of aryl methyl sites for hydroxylation is 2. The maximum atomic E-state index is 15.3. The van der Waals surface area contributed by atoms with Gasteiger partial charge < -0.3 is 4.74 Å². The normalized spacial score (nSPS) is 12.8. The molecule has 0 saturated heterocycles. The number of nitrogens with zero attached hydrogens (tertiary/aromatic N) is 1. The van der Waals surface area contributed by atoms with E-state index in [2.05, 4.69) is 36.1 Å². The van der Waals surface area contributed by atoms with E-state index in [-0.39, 0.29) is 30.3 Å². The smallest absolute Gasteiger partial charge is 0.307 e. The van der Waals surface area contributed by atoms with E-state index in [1.165, 1.54) is 6.07 Å². The summed E-state index contributed by atoms with van der Waals surface area (Å²) in [5.41, 5.74) is 6.65. The minimum Gasteiger partial charge on any atom is -0.466 e. The first kappa shape index (κ1) is 27.3. The number of carbonyl (C=O) groups excluding carboxylic acids is 1. The highest BCUT2D eigenvalue weighted by Gasteiger charge is 2.30. The van der Waals surface area contributed by atoms with Crippen LogP contribution >= 0.6 is 0 Å². The number of ether oxygens (including phenoxy) is 1. The van der Waals surface area contributed by atoms with Crippen molar-refractivity contribution in [2.75, 3.05) is 6.61 Å². The zero-order valence-electron chi connectivity index (χ0n) is 22.7. The van der Waals surface area contributed by atoms with Crippen LogP contribution in [0.3, 0.4) is 0 Å². The van der Waals surface area contributed by atoms with Gasteiger partial charge in [-0.25, -0.2) is 4.39 Å². The Morgan fingerprint density at radius 3 is 2.11 bits per heavy atom. The van der Waals surface area contributed by atoms with Gasteiger partial charge in [-0.15, -0.1) is 0 Å². The lowest BCUT2D eigenvalue weighted by Crippen LogP contribution is -2.33. The number of carbonyl (C=O) groups is 1. The van der Waals surface area contributed by atoms with E-state index < -0.39 is 0 Å². The fourth-order valence-electron chi connectivity index (χ4n) is 5.22. The number of hydrogen-bond donors (Lipinski definition) is 0. The molecule has 3 nitrogen and oxygen atoms in total. The van der Waals surface area contributed by atoms with Crippen molar-refractivity contribution in [2.24, 2.45) is 0 Å². The first-order valence-corrected chi connectivity index (χ1v) is 13.2. The summed E-state index contributed by atoms with van der Waals surface area (Å²) in [6.45, 7) is 8.92.